The van der Waals surface area contributed by atoms with Gasteiger partial charge in [0.15, 0.2) is 0 Å². The summed E-state index contributed by atoms with van der Waals surface area (Å²) in [5.74, 6) is 0.115. The van der Waals surface area contributed by atoms with Crippen LogP contribution in [0.25, 0.3) is 10.9 Å². The maximum atomic E-state index is 13.5. The molecule has 2 heterocycles. The van der Waals surface area contributed by atoms with Crippen molar-refractivity contribution in [3.8, 4) is 0 Å². The van der Waals surface area contributed by atoms with Gasteiger partial charge in [-0.05, 0) is 62.1 Å². The van der Waals surface area contributed by atoms with Gasteiger partial charge in [-0.3, -0.25) is 9.69 Å². The van der Waals surface area contributed by atoms with Crippen molar-refractivity contribution in [1.29, 1.82) is 0 Å². The van der Waals surface area contributed by atoms with Crippen LogP contribution in [0.2, 0.25) is 0 Å². The Balaban J connectivity index is 1.63. The Kier molecular flexibility index (Phi) is 7.29. The van der Waals surface area contributed by atoms with Crippen molar-refractivity contribution in [3.05, 3.63) is 63.8 Å². The number of hydrogen-bond acceptors (Lipinski definition) is 4. The number of aromatic nitrogens is 1. The quantitative estimate of drug-likeness (QED) is 0.564. The number of carbonyl (C=O) groups is 1. The molecule has 1 fully saturated rings. The number of fused-ring (bicyclic) bond motifs is 1. The van der Waals surface area contributed by atoms with Gasteiger partial charge >= 0.3 is 0 Å². The molecule has 0 spiro atoms. The number of amides is 1. The zero-order valence-corrected chi connectivity index (χ0v) is 21.5. The van der Waals surface area contributed by atoms with Crippen LogP contribution >= 0.6 is 0 Å². The van der Waals surface area contributed by atoms with Gasteiger partial charge in [-0.25, -0.2) is 0 Å². The molecule has 0 bridgehead atoms. The number of rotatable bonds is 7. The predicted octanol–water partition coefficient (Wildman–Crippen LogP) is 4.43. The van der Waals surface area contributed by atoms with Crippen molar-refractivity contribution in [3.63, 3.8) is 0 Å². The van der Waals surface area contributed by atoms with E-state index < -0.39 is 0 Å². The molecular formula is C28H38N4O2. The van der Waals surface area contributed by atoms with E-state index in [0.717, 1.165) is 68.0 Å². The van der Waals surface area contributed by atoms with Crippen LogP contribution < -0.4 is 5.32 Å². The van der Waals surface area contributed by atoms with Crippen molar-refractivity contribution < 1.29 is 9.53 Å². The second kappa shape index (κ2) is 10.2. The van der Waals surface area contributed by atoms with Crippen LogP contribution in [0.1, 0.15) is 38.3 Å². The molecule has 4 rings (SSSR count). The molecule has 1 aliphatic rings. The van der Waals surface area contributed by atoms with Gasteiger partial charge in [-0.1, -0.05) is 18.2 Å². The molecule has 34 heavy (non-hydrogen) atoms. The summed E-state index contributed by atoms with van der Waals surface area (Å²) in [6.45, 7) is 14.2. The lowest BCUT2D eigenvalue weighted by Crippen LogP contribution is -2.49. The molecule has 182 valence electrons. The first-order chi connectivity index (χ1) is 16.3. The smallest absolute Gasteiger partial charge is 0.254 e. The Hall–Kier alpha value is -2.83. The third kappa shape index (κ3) is 4.70. The van der Waals surface area contributed by atoms with E-state index in [1.165, 1.54) is 27.9 Å². The standard InChI is InChI=1S/C28H38N4O2/c1-19-8-7-9-20(2)25(19)18-29-26-17-23(16-24-21(3)22(4)30(5)27(24)26)28(33)32-12-10-31(11-13-32)14-15-34-6/h7-9,16-17,29H,10-15,18H2,1-6H3. The van der Waals surface area contributed by atoms with Gasteiger partial charge in [0, 0.05) is 70.1 Å². The Morgan fingerprint density at radius 3 is 2.35 bits per heavy atom. The summed E-state index contributed by atoms with van der Waals surface area (Å²) in [5.41, 5.74) is 9.25. The summed E-state index contributed by atoms with van der Waals surface area (Å²) in [5, 5.41) is 4.83. The third-order valence-corrected chi connectivity index (χ3v) is 7.51. The van der Waals surface area contributed by atoms with E-state index in [1.807, 2.05) is 4.90 Å². The first-order valence-electron chi connectivity index (χ1n) is 12.2. The maximum absolute atomic E-state index is 13.5. The van der Waals surface area contributed by atoms with E-state index in [0.29, 0.717) is 0 Å². The minimum absolute atomic E-state index is 0.115. The fourth-order valence-corrected chi connectivity index (χ4v) is 5.04. The highest BCUT2D eigenvalue weighted by atomic mass is 16.5. The van der Waals surface area contributed by atoms with Crippen LogP contribution in [0.3, 0.4) is 0 Å². The average molecular weight is 463 g/mol. The predicted molar refractivity (Wildman–Crippen MR) is 140 cm³/mol. The number of hydrogen-bond donors (Lipinski definition) is 1. The topological polar surface area (TPSA) is 49.7 Å². The van der Waals surface area contributed by atoms with Crippen LogP contribution in [0.4, 0.5) is 5.69 Å². The number of ether oxygens (including phenoxy) is 1. The van der Waals surface area contributed by atoms with E-state index in [9.17, 15) is 4.79 Å². The second-order valence-corrected chi connectivity index (χ2v) is 9.54. The molecule has 0 saturated carbocycles. The number of anilines is 1. The average Bonchev–Trinajstić information content (AvgIpc) is 3.06. The highest BCUT2D eigenvalue weighted by molar-refractivity contribution is 6.04. The zero-order valence-electron chi connectivity index (χ0n) is 21.5. The summed E-state index contributed by atoms with van der Waals surface area (Å²) in [7, 11) is 3.84. The lowest BCUT2D eigenvalue weighted by Gasteiger charge is -2.34. The number of nitrogens with zero attached hydrogens (tertiary/aromatic N) is 3. The van der Waals surface area contributed by atoms with Gasteiger partial charge in [0.2, 0.25) is 0 Å². The largest absolute Gasteiger partial charge is 0.383 e. The van der Waals surface area contributed by atoms with Crippen LogP contribution in [-0.2, 0) is 18.3 Å². The maximum Gasteiger partial charge on any atom is 0.254 e. The summed E-state index contributed by atoms with van der Waals surface area (Å²) >= 11 is 0. The summed E-state index contributed by atoms with van der Waals surface area (Å²) in [4.78, 5) is 17.9. The molecule has 6 heteroatoms. The summed E-state index contributed by atoms with van der Waals surface area (Å²) in [6.07, 6.45) is 0. The van der Waals surface area contributed by atoms with Crippen molar-refractivity contribution in [1.82, 2.24) is 14.4 Å². The number of methoxy groups -OCH3 is 1. The van der Waals surface area contributed by atoms with E-state index in [1.54, 1.807) is 7.11 Å². The molecule has 2 aromatic carbocycles. The van der Waals surface area contributed by atoms with Crippen LogP contribution in [-0.4, -0.2) is 66.7 Å². The van der Waals surface area contributed by atoms with Crippen LogP contribution in [0, 0.1) is 27.7 Å². The number of benzene rings is 2. The molecule has 1 amide bonds. The van der Waals surface area contributed by atoms with Gasteiger partial charge in [0.1, 0.15) is 0 Å². The molecule has 6 nitrogen and oxygen atoms in total. The molecule has 0 aliphatic carbocycles. The van der Waals surface area contributed by atoms with Crippen molar-refractivity contribution in [2.75, 3.05) is 51.8 Å². The number of aryl methyl sites for hydroxylation is 4. The Labute approximate surface area is 203 Å². The number of nitrogens with one attached hydrogen (secondary N) is 1. The molecule has 0 unspecified atom stereocenters. The van der Waals surface area contributed by atoms with Gasteiger partial charge in [0.05, 0.1) is 17.8 Å². The highest BCUT2D eigenvalue weighted by Crippen LogP contribution is 2.33. The fraction of sp³-hybridized carbons (Fsp3) is 0.464. The minimum Gasteiger partial charge on any atom is -0.383 e. The molecule has 1 saturated heterocycles. The number of piperazine rings is 1. The van der Waals surface area contributed by atoms with E-state index in [4.69, 9.17) is 4.74 Å². The SMILES string of the molecule is COCCN1CCN(C(=O)c2cc(NCc3c(C)cccc3C)c3c(c2)c(C)c(C)n3C)CC1. The second-order valence-electron chi connectivity index (χ2n) is 9.54. The van der Waals surface area contributed by atoms with Gasteiger partial charge in [-0.2, -0.15) is 0 Å². The molecule has 3 aromatic rings. The molecule has 0 atom stereocenters. The molecule has 1 aromatic heterocycles. The normalized spacial score (nSPS) is 14.7. The lowest BCUT2D eigenvalue weighted by atomic mass is 10.0. The van der Waals surface area contributed by atoms with Crippen LogP contribution in [0.15, 0.2) is 30.3 Å². The first kappa shape index (κ1) is 24.3. The van der Waals surface area contributed by atoms with Gasteiger partial charge < -0.3 is 19.5 Å². The number of carbonyl (C=O) groups excluding carboxylic acids is 1. The van der Waals surface area contributed by atoms with E-state index in [2.05, 4.69) is 79.9 Å². The van der Waals surface area contributed by atoms with Crippen molar-refractivity contribution >= 4 is 22.5 Å². The first-order valence-corrected chi connectivity index (χ1v) is 12.2. The molecule has 0 radical (unpaired) electrons. The summed E-state index contributed by atoms with van der Waals surface area (Å²) < 4.78 is 7.44. The van der Waals surface area contributed by atoms with E-state index in [-0.39, 0.29) is 5.91 Å². The third-order valence-electron chi connectivity index (χ3n) is 7.51. The monoisotopic (exact) mass is 462 g/mol. The Morgan fingerprint density at radius 2 is 1.71 bits per heavy atom. The molecule has 1 aliphatic heterocycles. The fourth-order valence-electron chi connectivity index (χ4n) is 5.04. The van der Waals surface area contributed by atoms with Gasteiger partial charge in [-0.15, -0.1) is 0 Å². The van der Waals surface area contributed by atoms with Crippen molar-refractivity contribution in [2.24, 2.45) is 7.05 Å². The van der Waals surface area contributed by atoms with Gasteiger partial charge in [0.25, 0.3) is 5.91 Å². The molecule has 1 N–H and O–H groups in total. The highest BCUT2D eigenvalue weighted by Gasteiger charge is 2.24. The Morgan fingerprint density at radius 1 is 1.03 bits per heavy atom. The van der Waals surface area contributed by atoms with Crippen LogP contribution in [0.5, 0.6) is 0 Å². The Bertz CT molecular complexity index is 1170. The zero-order chi connectivity index (χ0) is 24.4. The minimum atomic E-state index is 0.115. The summed E-state index contributed by atoms with van der Waals surface area (Å²) in [6, 6.07) is 10.5. The molecular weight excluding hydrogens is 424 g/mol. The lowest BCUT2D eigenvalue weighted by molar-refractivity contribution is 0.0594. The van der Waals surface area contributed by atoms with Crippen molar-refractivity contribution in [2.45, 2.75) is 34.2 Å². The van der Waals surface area contributed by atoms with E-state index >= 15 is 0 Å².